The molecule has 2 nitrogen and oxygen atoms in total. The molecule has 0 spiro atoms. The van der Waals surface area contributed by atoms with Crippen LogP contribution in [0, 0.1) is 0 Å². The fraction of sp³-hybridized carbons (Fsp3) is 0.100. The van der Waals surface area contributed by atoms with Crippen LogP contribution in [0.25, 0.3) is 11.3 Å². The second kappa shape index (κ2) is 3.68. The summed E-state index contributed by atoms with van der Waals surface area (Å²) >= 11 is 1.68. The van der Waals surface area contributed by atoms with Crippen LogP contribution in [0.1, 0.15) is 4.88 Å². The molecule has 0 atom stereocenters. The molecule has 3 heteroatoms. The van der Waals surface area contributed by atoms with Crippen molar-refractivity contribution in [1.29, 1.82) is 0 Å². The van der Waals surface area contributed by atoms with E-state index in [1.165, 1.54) is 4.88 Å². The Hall–Kier alpha value is -1.19. The highest BCUT2D eigenvalue weighted by Crippen LogP contribution is 2.25. The predicted octanol–water partition coefficient (Wildman–Crippen LogP) is 2.27. The van der Waals surface area contributed by atoms with Gasteiger partial charge in [-0.25, -0.2) is 0 Å². The lowest BCUT2D eigenvalue weighted by Gasteiger charge is -1.99. The van der Waals surface area contributed by atoms with Crippen LogP contribution >= 0.6 is 11.3 Å². The maximum Gasteiger partial charge on any atom is 0.0713 e. The van der Waals surface area contributed by atoms with Crippen molar-refractivity contribution >= 4 is 11.3 Å². The van der Waals surface area contributed by atoms with Gasteiger partial charge in [-0.1, -0.05) is 6.07 Å². The molecule has 0 aromatic carbocycles. The number of thiophene rings is 1. The third-order valence-corrected chi connectivity index (χ3v) is 2.81. The summed E-state index contributed by atoms with van der Waals surface area (Å²) < 4.78 is 0. The second-order valence-corrected chi connectivity index (χ2v) is 3.68. The zero-order valence-electron chi connectivity index (χ0n) is 7.10. The number of rotatable bonds is 2. The summed E-state index contributed by atoms with van der Waals surface area (Å²) in [4.78, 5) is 5.47. The summed E-state index contributed by atoms with van der Waals surface area (Å²) in [5.74, 6) is 0. The Labute approximate surface area is 81.1 Å². The lowest BCUT2D eigenvalue weighted by atomic mass is 10.2. The maximum atomic E-state index is 5.62. The van der Waals surface area contributed by atoms with E-state index < -0.39 is 0 Å². The van der Waals surface area contributed by atoms with Gasteiger partial charge in [-0.2, -0.15) is 0 Å². The lowest BCUT2D eigenvalue weighted by Crippen LogP contribution is -1.95. The zero-order chi connectivity index (χ0) is 9.10. The van der Waals surface area contributed by atoms with Crippen LogP contribution in [-0.2, 0) is 6.54 Å². The summed E-state index contributed by atoms with van der Waals surface area (Å²) in [5, 5.41) is 2.05. The molecule has 0 aliphatic carbocycles. The van der Waals surface area contributed by atoms with Gasteiger partial charge in [0.15, 0.2) is 0 Å². The molecule has 2 rings (SSSR count). The molecule has 0 radical (unpaired) electrons. The third kappa shape index (κ3) is 1.61. The molecule has 2 aromatic heterocycles. The first-order valence-electron chi connectivity index (χ1n) is 4.09. The van der Waals surface area contributed by atoms with E-state index in [-0.39, 0.29) is 0 Å². The van der Waals surface area contributed by atoms with E-state index in [0.29, 0.717) is 6.54 Å². The second-order valence-electron chi connectivity index (χ2n) is 2.68. The van der Waals surface area contributed by atoms with Gasteiger partial charge < -0.3 is 5.73 Å². The number of hydrogen-bond acceptors (Lipinski definition) is 3. The van der Waals surface area contributed by atoms with Gasteiger partial charge in [-0.05, 0) is 23.6 Å². The van der Waals surface area contributed by atoms with Crippen LogP contribution in [0.4, 0.5) is 0 Å². The molecule has 0 saturated heterocycles. The van der Waals surface area contributed by atoms with Crippen LogP contribution in [0.5, 0.6) is 0 Å². The average Bonchev–Trinajstić information content (AvgIpc) is 2.67. The molecular formula is C10H10N2S. The summed E-state index contributed by atoms with van der Waals surface area (Å²) in [6.45, 7) is 0.587. The summed E-state index contributed by atoms with van der Waals surface area (Å²) in [5.41, 5.74) is 7.78. The Balaban J connectivity index is 2.47. The smallest absolute Gasteiger partial charge is 0.0713 e. The molecule has 2 heterocycles. The molecule has 0 fully saturated rings. The molecule has 0 saturated carbocycles. The van der Waals surface area contributed by atoms with Crippen molar-refractivity contribution in [2.45, 2.75) is 6.54 Å². The Morgan fingerprint density at radius 3 is 2.92 bits per heavy atom. The van der Waals surface area contributed by atoms with Gasteiger partial charge in [0, 0.05) is 23.2 Å². The molecule has 2 N–H and O–H groups in total. The lowest BCUT2D eigenvalue weighted by molar-refractivity contribution is 1.10. The summed E-state index contributed by atoms with van der Waals surface area (Å²) in [6.07, 6.45) is 1.80. The molecule has 0 aliphatic rings. The Morgan fingerprint density at radius 2 is 2.23 bits per heavy atom. The maximum absolute atomic E-state index is 5.62. The van der Waals surface area contributed by atoms with Crippen LogP contribution in [0.15, 0.2) is 35.8 Å². The van der Waals surface area contributed by atoms with E-state index in [1.54, 1.807) is 17.5 Å². The molecule has 66 valence electrons. The van der Waals surface area contributed by atoms with Crippen molar-refractivity contribution in [3.8, 4) is 11.3 Å². The van der Waals surface area contributed by atoms with E-state index in [0.717, 1.165) is 11.3 Å². The minimum absolute atomic E-state index is 0.587. The van der Waals surface area contributed by atoms with Gasteiger partial charge in [-0.15, -0.1) is 11.3 Å². The van der Waals surface area contributed by atoms with E-state index in [9.17, 15) is 0 Å². The van der Waals surface area contributed by atoms with Crippen LogP contribution in [-0.4, -0.2) is 4.98 Å². The molecule has 0 amide bonds. The monoisotopic (exact) mass is 190 g/mol. The molecule has 2 aromatic rings. The predicted molar refractivity (Wildman–Crippen MR) is 55.4 cm³/mol. The SMILES string of the molecule is NCc1sccc1-c1ccccn1. The fourth-order valence-electron chi connectivity index (χ4n) is 1.25. The Bertz CT molecular complexity index is 381. The van der Waals surface area contributed by atoms with Gasteiger partial charge in [-0.3, -0.25) is 4.98 Å². The van der Waals surface area contributed by atoms with Crippen molar-refractivity contribution < 1.29 is 0 Å². The Morgan fingerprint density at radius 1 is 1.31 bits per heavy atom. The number of aromatic nitrogens is 1. The van der Waals surface area contributed by atoms with Crippen molar-refractivity contribution in [2.75, 3.05) is 0 Å². The first kappa shape index (κ1) is 8.41. The normalized spacial score (nSPS) is 10.2. The minimum atomic E-state index is 0.587. The van der Waals surface area contributed by atoms with E-state index in [2.05, 4.69) is 11.1 Å². The van der Waals surface area contributed by atoms with Gasteiger partial charge >= 0.3 is 0 Å². The molecule has 0 bridgehead atoms. The number of nitrogens with two attached hydrogens (primary N) is 1. The topological polar surface area (TPSA) is 38.9 Å². The highest BCUT2D eigenvalue weighted by atomic mass is 32.1. The largest absolute Gasteiger partial charge is 0.326 e. The quantitative estimate of drug-likeness (QED) is 0.789. The van der Waals surface area contributed by atoms with Gasteiger partial charge in [0.25, 0.3) is 0 Å². The van der Waals surface area contributed by atoms with Crippen molar-refractivity contribution in [3.63, 3.8) is 0 Å². The molecule has 0 aliphatic heterocycles. The highest BCUT2D eigenvalue weighted by Gasteiger charge is 2.04. The van der Waals surface area contributed by atoms with Crippen molar-refractivity contribution in [1.82, 2.24) is 4.98 Å². The highest BCUT2D eigenvalue weighted by molar-refractivity contribution is 7.10. The standard InChI is InChI=1S/C10H10N2S/c11-7-10-8(4-6-13-10)9-3-1-2-5-12-9/h1-6H,7,11H2. The van der Waals surface area contributed by atoms with Gasteiger partial charge in [0.1, 0.15) is 0 Å². The van der Waals surface area contributed by atoms with Crippen LogP contribution < -0.4 is 5.73 Å². The number of pyridine rings is 1. The summed E-state index contributed by atoms with van der Waals surface area (Å²) in [7, 11) is 0. The van der Waals surface area contributed by atoms with Crippen molar-refractivity contribution in [3.05, 3.63) is 40.7 Å². The van der Waals surface area contributed by atoms with E-state index in [1.807, 2.05) is 23.6 Å². The molecule has 0 unspecified atom stereocenters. The van der Waals surface area contributed by atoms with Crippen molar-refractivity contribution in [2.24, 2.45) is 5.73 Å². The average molecular weight is 190 g/mol. The van der Waals surface area contributed by atoms with Gasteiger partial charge in [0.2, 0.25) is 0 Å². The van der Waals surface area contributed by atoms with E-state index in [4.69, 9.17) is 5.73 Å². The number of nitrogens with zero attached hydrogens (tertiary/aromatic N) is 1. The van der Waals surface area contributed by atoms with Crippen LogP contribution in [0.3, 0.4) is 0 Å². The molecular weight excluding hydrogens is 180 g/mol. The summed E-state index contributed by atoms with van der Waals surface area (Å²) in [6, 6.07) is 7.97. The van der Waals surface area contributed by atoms with Crippen LogP contribution in [0.2, 0.25) is 0 Å². The first-order valence-corrected chi connectivity index (χ1v) is 4.97. The zero-order valence-corrected chi connectivity index (χ0v) is 7.92. The van der Waals surface area contributed by atoms with Gasteiger partial charge in [0.05, 0.1) is 5.69 Å². The number of hydrogen-bond donors (Lipinski definition) is 1. The fourth-order valence-corrected chi connectivity index (χ4v) is 2.01. The third-order valence-electron chi connectivity index (χ3n) is 1.87. The Kier molecular flexibility index (Phi) is 2.38. The minimum Gasteiger partial charge on any atom is -0.326 e. The van der Waals surface area contributed by atoms with E-state index >= 15 is 0 Å². The first-order chi connectivity index (χ1) is 6.42. The molecule has 13 heavy (non-hydrogen) atoms.